The maximum Gasteiger partial charge on any atom is 0.198 e. The van der Waals surface area contributed by atoms with Gasteiger partial charge in [0.05, 0.1) is 0 Å². The minimum Gasteiger partial charge on any atom is -0.458 e. The van der Waals surface area contributed by atoms with E-state index in [0.717, 1.165) is 38.2 Å². The molecule has 0 atom stereocenters. The summed E-state index contributed by atoms with van der Waals surface area (Å²) in [4.78, 5) is 11.9. The fourth-order valence-electron chi connectivity index (χ4n) is 2.03. The maximum atomic E-state index is 11.9. The quantitative estimate of drug-likeness (QED) is 0.735. The normalized spacial score (nSPS) is 17.6. The van der Waals surface area contributed by atoms with Crippen LogP contribution in [0, 0.1) is 5.92 Å². The van der Waals surface area contributed by atoms with Crippen molar-refractivity contribution < 1.29 is 13.9 Å². The molecule has 2 rings (SSSR count). The highest BCUT2D eigenvalue weighted by atomic mass is 16.5. The second-order valence-corrected chi connectivity index (χ2v) is 4.30. The number of carbonyl (C=O) groups excluding carboxylic acids is 1. The lowest BCUT2D eigenvalue weighted by Crippen LogP contribution is -2.18. The summed E-state index contributed by atoms with van der Waals surface area (Å²) in [5.41, 5.74) is 0. The molecule has 3 nitrogen and oxygen atoms in total. The van der Waals surface area contributed by atoms with Gasteiger partial charge in [-0.05, 0) is 30.9 Å². The molecule has 0 unspecified atom stereocenters. The van der Waals surface area contributed by atoms with Gasteiger partial charge in [0, 0.05) is 26.1 Å². The highest BCUT2D eigenvalue weighted by Gasteiger charge is 2.20. The smallest absolute Gasteiger partial charge is 0.198 e. The molecule has 1 saturated heterocycles. The molecule has 1 aromatic rings. The highest BCUT2D eigenvalue weighted by Crippen LogP contribution is 2.21. The molecule has 0 spiro atoms. The molecule has 3 heteroatoms. The zero-order chi connectivity index (χ0) is 11.4. The average molecular weight is 222 g/mol. The molecule has 0 aliphatic carbocycles. The number of rotatable bonds is 4. The SMILES string of the molecule is CCc1ccc(C(=O)CC2CCOCC2)o1. The van der Waals surface area contributed by atoms with Gasteiger partial charge in [0.25, 0.3) is 0 Å². The number of carbonyl (C=O) groups is 1. The molecule has 1 aliphatic heterocycles. The van der Waals surface area contributed by atoms with Gasteiger partial charge in [-0.3, -0.25) is 4.79 Å². The van der Waals surface area contributed by atoms with Crippen molar-refractivity contribution in [1.82, 2.24) is 0 Å². The van der Waals surface area contributed by atoms with Gasteiger partial charge >= 0.3 is 0 Å². The third-order valence-corrected chi connectivity index (χ3v) is 3.10. The van der Waals surface area contributed by atoms with E-state index in [9.17, 15) is 4.79 Å². The summed E-state index contributed by atoms with van der Waals surface area (Å²) in [5.74, 6) is 2.00. The molecule has 1 aliphatic rings. The molecule has 0 amide bonds. The Morgan fingerprint density at radius 2 is 2.12 bits per heavy atom. The molecular weight excluding hydrogens is 204 g/mol. The Kier molecular flexibility index (Phi) is 3.78. The number of ketones is 1. The molecule has 0 aromatic carbocycles. The van der Waals surface area contributed by atoms with E-state index in [4.69, 9.17) is 9.15 Å². The van der Waals surface area contributed by atoms with Gasteiger partial charge in [-0.15, -0.1) is 0 Å². The number of aryl methyl sites for hydroxylation is 1. The number of ether oxygens (including phenoxy) is 1. The number of Topliss-reactive ketones (excluding diaryl/α,β-unsaturated/α-hetero) is 1. The second-order valence-electron chi connectivity index (χ2n) is 4.30. The summed E-state index contributed by atoms with van der Waals surface area (Å²) >= 11 is 0. The predicted molar refractivity (Wildman–Crippen MR) is 60.6 cm³/mol. The van der Waals surface area contributed by atoms with Crippen LogP contribution in [-0.2, 0) is 11.2 Å². The first-order valence-corrected chi connectivity index (χ1v) is 5.99. The molecule has 0 bridgehead atoms. The number of hydrogen-bond donors (Lipinski definition) is 0. The molecule has 1 fully saturated rings. The van der Waals surface area contributed by atoms with Crippen LogP contribution in [0.1, 0.15) is 42.5 Å². The van der Waals surface area contributed by atoms with Crippen molar-refractivity contribution in [2.75, 3.05) is 13.2 Å². The van der Waals surface area contributed by atoms with Gasteiger partial charge in [-0.25, -0.2) is 0 Å². The van der Waals surface area contributed by atoms with Crippen LogP contribution in [0.25, 0.3) is 0 Å². The molecule has 16 heavy (non-hydrogen) atoms. The van der Waals surface area contributed by atoms with Crippen molar-refractivity contribution in [3.8, 4) is 0 Å². The lowest BCUT2D eigenvalue weighted by Gasteiger charge is -2.20. The standard InChI is InChI=1S/C13H18O3/c1-2-11-3-4-13(16-11)12(14)9-10-5-7-15-8-6-10/h3-4,10H,2,5-9H2,1H3. The Morgan fingerprint density at radius 1 is 1.38 bits per heavy atom. The fraction of sp³-hybridized carbons (Fsp3) is 0.615. The third-order valence-electron chi connectivity index (χ3n) is 3.10. The van der Waals surface area contributed by atoms with E-state index in [2.05, 4.69) is 0 Å². The van der Waals surface area contributed by atoms with Crippen LogP contribution in [0.5, 0.6) is 0 Å². The molecule has 88 valence electrons. The fourth-order valence-corrected chi connectivity index (χ4v) is 2.03. The monoisotopic (exact) mass is 222 g/mol. The average Bonchev–Trinajstić information content (AvgIpc) is 2.79. The lowest BCUT2D eigenvalue weighted by atomic mass is 9.94. The first-order valence-electron chi connectivity index (χ1n) is 5.99. The van der Waals surface area contributed by atoms with Crippen molar-refractivity contribution in [2.45, 2.75) is 32.6 Å². The van der Waals surface area contributed by atoms with Crippen molar-refractivity contribution in [2.24, 2.45) is 5.92 Å². The Labute approximate surface area is 95.8 Å². The summed E-state index contributed by atoms with van der Waals surface area (Å²) in [5, 5.41) is 0. The lowest BCUT2D eigenvalue weighted by molar-refractivity contribution is 0.0592. The van der Waals surface area contributed by atoms with Gasteiger partial charge in [-0.2, -0.15) is 0 Å². The van der Waals surface area contributed by atoms with Crippen LogP contribution in [0.15, 0.2) is 16.5 Å². The minimum absolute atomic E-state index is 0.131. The first kappa shape index (κ1) is 11.4. The van der Waals surface area contributed by atoms with Crippen LogP contribution in [0.2, 0.25) is 0 Å². The van der Waals surface area contributed by atoms with Gasteiger partial charge in [0.2, 0.25) is 0 Å². The van der Waals surface area contributed by atoms with E-state index in [0.29, 0.717) is 18.1 Å². The number of hydrogen-bond acceptors (Lipinski definition) is 3. The van der Waals surface area contributed by atoms with Gasteiger partial charge in [0.1, 0.15) is 5.76 Å². The van der Waals surface area contributed by atoms with E-state index in [1.807, 2.05) is 13.0 Å². The van der Waals surface area contributed by atoms with Gasteiger partial charge in [0.15, 0.2) is 11.5 Å². The summed E-state index contributed by atoms with van der Waals surface area (Å²) in [7, 11) is 0. The van der Waals surface area contributed by atoms with E-state index in [1.54, 1.807) is 6.07 Å². The topological polar surface area (TPSA) is 39.4 Å². The largest absolute Gasteiger partial charge is 0.458 e. The van der Waals surface area contributed by atoms with Crippen LogP contribution < -0.4 is 0 Å². The van der Waals surface area contributed by atoms with Gasteiger partial charge in [-0.1, -0.05) is 6.92 Å². The Bertz CT molecular complexity index is 348. The Morgan fingerprint density at radius 3 is 2.75 bits per heavy atom. The van der Waals surface area contributed by atoms with Crippen LogP contribution in [0.4, 0.5) is 0 Å². The minimum atomic E-state index is 0.131. The van der Waals surface area contributed by atoms with Crippen LogP contribution >= 0.6 is 0 Å². The zero-order valence-electron chi connectivity index (χ0n) is 9.70. The Balaban J connectivity index is 1.91. The molecule has 0 saturated carbocycles. The highest BCUT2D eigenvalue weighted by molar-refractivity contribution is 5.93. The Hall–Kier alpha value is -1.09. The third kappa shape index (κ3) is 2.73. The number of furan rings is 1. The van der Waals surface area contributed by atoms with Gasteiger partial charge < -0.3 is 9.15 Å². The van der Waals surface area contributed by atoms with Crippen LogP contribution in [0.3, 0.4) is 0 Å². The summed E-state index contributed by atoms with van der Waals surface area (Å²) in [6.07, 6.45) is 3.42. The summed E-state index contributed by atoms with van der Waals surface area (Å²) < 4.78 is 10.7. The molecular formula is C13H18O3. The second kappa shape index (κ2) is 5.30. The van der Waals surface area contributed by atoms with E-state index in [1.165, 1.54) is 0 Å². The molecule has 2 heterocycles. The molecule has 1 aromatic heterocycles. The molecule has 0 radical (unpaired) electrons. The van der Waals surface area contributed by atoms with E-state index >= 15 is 0 Å². The summed E-state index contributed by atoms with van der Waals surface area (Å²) in [6, 6.07) is 3.68. The van der Waals surface area contributed by atoms with Crippen molar-refractivity contribution >= 4 is 5.78 Å². The van der Waals surface area contributed by atoms with Crippen LogP contribution in [-0.4, -0.2) is 19.0 Å². The van der Waals surface area contributed by atoms with Crippen molar-refractivity contribution in [3.05, 3.63) is 23.7 Å². The van der Waals surface area contributed by atoms with Crippen molar-refractivity contribution in [3.63, 3.8) is 0 Å². The summed E-state index contributed by atoms with van der Waals surface area (Å²) in [6.45, 7) is 3.60. The first-order chi connectivity index (χ1) is 7.79. The molecule has 0 N–H and O–H groups in total. The maximum absolute atomic E-state index is 11.9. The zero-order valence-corrected chi connectivity index (χ0v) is 9.70. The van der Waals surface area contributed by atoms with Crippen molar-refractivity contribution in [1.29, 1.82) is 0 Å². The predicted octanol–water partition coefficient (Wildman–Crippen LogP) is 2.84. The van der Waals surface area contributed by atoms with E-state index < -0.39 is 0 Å². The van der Waals surface area contributed by atoms with E-state index in [-0.39, 0.29) is 5.78 Å².